The molecule has 0 spiro atoms. The normalized spacial score (nSPS) is 16.5. The van der Waals surface area contributed by atoms with Crippen molar-refractivity contribution in [2.24, 2.45) is 0 Å². The third kappa shape index (κ3) is 2.02. The van der Waals surface area contributed by atoms with Crippen molar-refractivity contribution < 1.29 is 4.74 Å². The Morgan fingerprint density at radius 3 is 2.93 bits per heavy atom. The molecule has 1 heterocycles. The van der Waals surface area contributed by atoms with Crippen LogP contribution in [0.15, 0.2) is 18.3 Å². The molecule has 0 atom stereocenters. The molecule has 3 nitrogen and oxygen atoms in total. The Balaban J connectivity index is 2.05. The quantitative estimate of drug-likeness (QED) is 0.715. The van der Waals surface area contributed by atoms with Gasteiger partial charge in [0.2, 0.25) is 0 Å². The maximum atomic E-state index is 8.65. The molecule has 1 fully saturated rings. The van der Waals surface area contributed by atoms with Crippen LogP contribution in [0.4, 0.5) is 0 Å². The van der Waals surface area contributed by atoms with Crippen LogP contribution in [0.1, 0.15) is 31.4 Å². The Labute approximate surface area is 83.3 Å². The summed E-state index contributed by atoms with van der Waals surface area (Å²) in [6.07, 6.45) is 6.71. The molecular weight excluding hydrogens is 176 g/mol. The van der Waals surface area contributed by atoms with E-state index in [9.17, 15) is 0 Å². The molecule has 0 aromatic carbocycles. The van der Waals surface area contributed by atoms with Crippen molar-refractivity contribution in [3.8, 4) is 11.8 Å². The first-order chi connectivity index (χ1) is 6.88. The van der Waals surface area contributed by atoms with Crippen molar-refractivity contribution in [1.29, 1.82) is 5.26 Å². The molecule has 0 bridgehead atoms. The topological polar surface area (TPSA) is 45.9 Å². The fourth-order valence-corrected chi connectivity index (χ4v) is 1.74. The lowest BCUT2D eigenvalue weighted by atomic mass is 10.3. The monoisotopic (exact) mass is 188 g/mol. The molecule has 0 aliphatic heterocycles. The lowest BCUT2D eigenvalue weighted by molar-refractivity contribution is 0.210. The van der Waals surface area contributed by atoms with Gasteiger partial charge in [-0.15, -0.1) is 0 Å². The van der Waals surface area contributed by atoms with E-state index in [1.807, 2.05) is 6.07 Å². The molecular formula is C11H12N2O. The molecule has 1 aliphatic rings. The van der Waals surface area contributed by atoms with E-state index < -0.39 is 0 Å². The molecule has 0 amide bonds. The van der Waals surface area contributed by atoms with Crippen LogP contribution in [-0.2, 0) is 0 Å². The second-order valence-corrected chi connectivity index (χ2v) is 3.51. The summed E-state index contributed by atoms with van der Waals surface area (Å²) in [4.78, 5) is 3.89. The number of hydrogen-bond acceptors (Lipinski definition) is 3. The van der Waals surface area contributed by atoms with Gasteiger partial charge in [0.05, 0.1) is 6.10 Å². The van der Waals surface area contributed by atoms with Gasteiger partial charge in [0, 0.05) is 12.3 Å². The largest absolute Gasteiger partial charge is 0.490 e. The molecule has 0 radical (unpaired) electrons. The van der Waals surface area contributed by atoms with E-state index in [-0.39, 0.29) is 0 Å². The summed E-state index contributed by atoms with van der Waals surface area (Å²) in [7, 11) is 0. The summed E-state index contributed by atoms with van der Waals surface area (Å²) in [6.45, 7) is 0. The van der Waals surface area contributed by atoms with Gasteiger partial charge in [-0.25, -0.2) is 4.98 Å². The van der Waals surface area contributed by atoms with Crippen LogP contribution in [0, 0.1) is 11.3 Å². The van der Waals surface area contributed by atoms with Gasteiger partial charge in [0.25, 0.3) is 0 Å². The number of nitrogens with zero attached hydrogens (tertiary/aromatic N) is 2. The number of aromatic nitrogens is 1. The summed E-state index contributed by atoms with van der Waals surface area (Å²) >= 11 is 0. The molecule has 1 saturated carbocycles. The average molecular weight is 188 g/mol. The zero-order valence-corrected chi connectivity index (χ0v) is 7.94. The first-order valence-electron chi connectivity index (χ1n) is 4.91. The Kier molecular flexibility index (Phi) is 2.64. The SMILES string of the molecule is N#Cc1cc(OC2CCCC2)ccn1. The van der Waals surface area contributed by atoms with Crippen molar-refractivity contribution in [3.05, 3.63) is 24.0 Å². The Morgan fingerprint density at radius 1 is 1.43 bits per heavy atom. The van der Waals surface area contributed by atoms with Gasteiger partial charge >= 0.3 is 0 Å². The van der Waals surface area contributed by atoms with E-state index in [0.717, 1.165) is 18.6 Å². The highest BCUT2D eigenvalue weighted by atomic mass is 16.5. The van der Waals surface area contributed by atoms with Crippen LogP contribution in [-0.4, -0.2) is 11.1 Å². The number of ether oxygens (including phenoxy) is 1. The third-order valence-electron chi connectivity index (χ3n) is 2.45. The number of hydrogen-bond donors (Lipinski definition) is 0. The minimum atomic E-state index is 0.337. The van der Waals surface area contributed by atoms with Gasteiger partial charge in [-0.05, 0) is 31.7 Å². The zero-order chi connectivity index (χ0) is 9.80. The van der Waals surface area contributed by atoms with E-state index in [1.165, 1.54) is 12.8 Å². The van der Waals surface area contributed by atoms with Crippen molar-refractivity contribution in [3.63, 3.8) is 0 Å². The molecule has 72 valence electrons. The van der Waals surface area contributed by atoms with Gasteiger partial charge in [-0.3, -0.25) is 0 Å². The predicted molar refractivity (Wildman–Crippen MR) is 51.8 cm³/mol. The van der Waals surface area contributed by atoms with Crippen molar-refractivity contribution in [2.45, 2.75) is 31.8 Å². The van der Waals surface area contributed by atoms with E-state index in [4.69, 9.17) is 10.00 Å². The van der Waals surface area contributed by atoms with Gasteiger partial charge in [-0.1, -0.05) is 0 Å². The highest BCUT2D eigenvalue weighted by molar-refractivity contribution is 5.29. The van der Waals surface area contributed by atoms with Crippen LogP contribution in [0.25, 0.3) is 0 Å². The number of pyridine rings is 1. The average Bonchev–Trinajstić information content (AvgIpc) is 2.71. The molecule has 1 aromatic rings. The standard InChI is InChI=1S/C11H12N2O/c12-8-9-7-11(5-6-13-9)14-10-3-1-2-4-10/h5-7,10H,1-4H2. The molecule has 14 heavy (non-hydrogen) atoms. The Hall–Kier alpha value is -1.56. The van der Waals surface area contributed by atoms with Gasteiger partial charge < -0.3 is 4.74 Å². The molecule has 0 saturated heterocycles. The van der Waals surface area contributed by atoms with Gasteiger partial charge in [0.15, 0.2) is 0 Å². The maximum absolute atomic E-state index is 8.65. The van der Waals surface area contributed by atoms with E-state index in [0.29, 0.717) is 11.8 Å². The molecule has 0 N–H and O–H groups in total. The molecule has 1 aliphatic carbocycles. The fourth-order valence-electron chi connectivity index (χ4n) is 1.74. The predicted octanol–water partition coefficient (Wildman–Crippen LogP) is 2.27. The number of rotatable bonds is 2. The third-order valence-corrected chi connectivity index (χ3v) is 2.45. The number of nitriles is 1. The molecule has 0 unspecified atom stereocenters. The summed E-state index contributed by atoms with van der Waals surface area (Å²) in [5.41, 5.74) is 0.417. The molecule has 3 heteroatoms. The van der Waals surface area contributed by atoms with Gasteiger partial charge in [0.1, 0.15) is 17.5 Å². The van der Waals surface area contributed by atoms with Crippen molar-refractivity contribution >= 4 is 0 Å². The fraction of sp³-hybridized carbons (Fsp3) is 0.455. The Bertz CT molecular complexity index is 351. The minimum absolute atomic E-state index is 0.337. The summed E-state index contributed by atoms with van der Waals surface area (Å²) in [6, 6.07) is 5.50. The smallest absolute Gasteiger partial charge is 0.144 e. The van der Waals surface area contributed by atoms with E-state index in [1.54, 1.807) is 18.3 Å². The Morgan fingerprint density at radius 2 is 2.21 bits per heavy atom. The van der Waals surface area contributed by atoms with Crippen LogP contribution >= 0.6 is 0 Å². The first kappa shape index (κ1) is 9.01. The van der Waals surface area contributed by atoms with E-state index >= 15 is 0 Å². The molecule has 1 aromatic heterocycles. The second kappa shape index (κ2) is 4.10. The molecule has 2 rings (SSSR count). The summed E-state index contributed by atoms with van der Waals surface area (Å²) in [5.74, 6) is 0.767. The van der Waals surface area contributed by atoms with Crippen LogP contribution in [0.5, 0.6) is 5.75 Å². The highest BCUT2D eigenvalue weighted by Crippen LogP contribution is 2.23. The van der Waals surface area contributed by atoms with Crippen molar-refractivity contribution in [1.82, 2.24) is 4.98 Å². The highest BCUT2D eigenvalue weighted by Gasteiger charge is 2.16. The van der Waals surface area contributed by atoms with Crippen LogP contribution in [0.2, 0.25) is 0 Å². The lowest BCUT2D eigenvalue weighted by Crippen LogP contribution is -2.10. The van der Waals surface area contributed by atoms with Crippen LogP contribution in [0.3, 0.4) is 0 Å². The summed E-state index contributed by atoms with van der Waals surface area (Å²) < 4.78 is 5.73. The summed E-state index contributed by atoms with van der Waals surface area (Å²) in [5, 5.41) is 8.65. The van der Waals surface area contributed by atoms with Crippen LogP contribution < -0.4 is 4.74 Å². The second-order valence-electron chi connectivity index (χ2n) is 3.51. The lowest BCUT2D eigenvalue weighted by Gasteiger charge is -2.12. The maximum Gasteiger partial charge on any atom is 0.144 e. The van der Waals surface area contributed by atoms with Gasteiger partial charge in [-0.2, -0.15) is 5.26 Å². The van der Waals surface area contributed by atoms with E-state index in [2.05, 4.69) is 4.98 Å². The minimum Gasteiger partial charge on any atom is -0.490 e. The van der Waals surface area contributed by atoms with Crippen molar-refractivity contribution in [2.75, 3.05) is 0 Å². The zero-order valence-electron chi connectivity index (χ0n) is 7.94. The first-order valence-corrected chi connectivity index (χ1v) is 4.91.